The van der Waals surface area contributed by atoms with Gasteiger partial charge in [0.25, 0.3) is 0 Å². The van der Waals surface area contributed by atoms with E-state index < -0.39 is 6.04 Å². The molecule has 0 radical (unpaired) electrons. The van der Waals surface area contributed by atoms with Crippen molar-refractivity contribution in [2.75, 3.05) is 13.7 Å². The molecule has 134 valence electrons. The van der Waals surface area contributed by atoms with E-state index in [1.165, 1.54) is 0 Å². The summed E-state index contributed by atoms with van der Waals surface area (Å²) in [4.78, 5) is 26.6. The van der Waals surface area contributed by atoms with Crippen molar-refractivity contribution in [3.63, 3.8) is 0 Å². The summed E-state index contributed by atoms with van der Waals surface area (Å²) in [5, 5.41) is 2.95. The summed E-state index contributed by atoms with van der Waals surface area (Å²) >= 11 is 0. The molecular weight excluding hydrogens is 304 g/mol. The Morgan fingerprint density at radius 2 is 1.83 bits per heavy atom. The van der Waals surface area contributed by atoms with Gasteiger partial charge in [0.15, 0.2) is 0 Å². The first-order valence-corrected chi connectivity index (χ1v) is 8.77. The molecule has 5 heteroatoms. The molecule has 0 spiro atoms. The molecule has 2 amide bonds. The zero-order valence-electron chi connectivity index (χ0n) is 15.3. The summed E-state index contributed by atoms with van der Waals surface area (Å²) in [5.41, 5.74) is 0.984. The Hall–Kier alpha value is -2.04. The van der Waals surface area contributed by atoms with Crippen LogP contribution >= 0.6 is 0 Å². The molecular formula is C19H30N2O3. The number of ether oxygens (including phenoxy) is 1. The van der Waals surface area contributed by atoms with Gasteiger partial charge in [0.05, 0.1) is 7.11 Å². The van der Waals surface area contributed by atoms with Crippen molar-refractivity contribution in [2.24, 2.45) is 0 Å². The fourth-order valence-electron chi connectivity index (χ4n) is 2.56. The number of carbonyl (C=O) groups excluding carboxylic acids is 2. The van der Waals surface area contributed by atoms with E-state index in [9.17, 15) is 9.59 Å². The van der Waals surface area contributed by atoms with Crippen LogP contribution in [0.25, 0.3) is 0 Å². The Morgan fingerprint density at radius 1 is 1.17 bits per heavy atom. The number of unbranched alkanes of at least 4 members (excludes halogenated alkanes) is 1. The van der Waals surface area contributed by atoms with E-state index in [4.69, 9.17) is 4.74 Å². The van der Waals surface area contributed by atoms with Gasteiger partial charge in [-0.2, -0.15) is 0 Å². The van der Waals surface area contributed by atoms with Crippen LogP contribution in [0.15, 0.2) is 24.3 Å². The van der Waals surface area contributed by atoms with E-state index in [1.807, 2.05) is 38.1 Å². The molecule has 1 aromatic rings. The minimum Gasteiger partial charge on any atom is -0.497 e. The van der Waals surface area contributed by atoms with Crippen LogP contribution in [0.1, 0.15) is 52.0 Å². The lowest BCUT2D eigenvalue weighted by molar-refractivity contribution is -0.141. The Kier molecular flexibility index (Phi) is 8.90. The number of hydrogen-bond acceptors (Lipinski definition) is 3. The van der Waals surface area contributed by atoms with Crippen LogP contribution in [0, 0.1) is 0 Å². The van der Waals surface area contributed by atoms with Crippen LogP contribution in [0.5, 0.6) is 5.75 Å². The lowest BCUT2D eigenvalue weighted by Crippen LogP contribution is -2.49. The maximum absolute atomic E-state index is 12.5. The molecule has 0 saturated heterocycles. The molecule has 1 unspecified atom stereocenters. The molecule has 0 fully saturated rings. The highest BCUT2D eigenvalue weighted by molar-refractivity contribution is 5.87. The second-order valence-corrected chi connectivity index (χ2v) is 5.79. The zero-order valence-corrected chi connectivity index (χ0v) is 15.3. The Morgan fingerprint density at radius 3 is 2.33 bits per heavy atom. The number of nitrogens with one attached hydrogen (secondary N) is 1. The molecule has 0 aromatic heterocycles. The molecule has 0 aliphatic rings. The molecule has 1 N–H and O–H groups in total. The van der Waals surface area contributed by atoms with Gasteiger partial charge in [0.1, 0.15) is 11.8 Å². The predicted octanol–water partition coefficient (Wildman–Crippen LogP) is 3.13. The van der Waals surface area contributed by atoms with Gasteiger partial charge in [-0.15, -0.1) is 0 Å². The third-order valence-corrected chi connectivity index (χ3v) is 4.03. The highest BCUT2D eigenvalue weighted by atomic mass is 16.5. The number of benzene rings is 1. The smallest absolute Gasteiger partial charge is 0.242 e. The topological polar surface area (TPSA) is 58.6 Å². The van der Waals surface area contributed by atoms with Gasteiger partial charge in [0, 0.05) is 19.5 Å². The van der Waals surface area contributed by atoms with Crippen molar-refractivity contribution in [3.8, 4) is 5.75 Å². The van der Waals surface area contributed by atoms with Crippen molar-refractivity contribution >= 4 is 11.8 Å². The molecule has 1 atom stereocenters. The first kappa shape index (κ1) is 20.0. The number of amides is 2. The number of methoxy groups -OCH3 is 1. The second-order valence-electron chi connectivity index (χ2n) is 5.79. The summed E-state index contributed by atoms with van der Waals surface area (Å²) in [6.07, 6.45) is 2.96. The quantitative estimate of drug-likeness (QED) is 0.669. The van der Waals surface area contributed by atoms with E-state index in [0.29, 0.717) is 25.9 Å². The zero-order chi connectivity index (χ0) is 17.9. The lowest BCUT2D eigenvalue weighted by atomic mass is 10.1. The fraction of sp³-hybridized carbons (Fsp3) is 0.579. The summed E-state index contributed by atoms with van der Waals surface area (Å²) in [6, 6.07) is 7.15. The van der Waals surface area contributed by atoms with Gasteiger partial charge < -0.3 is 15.0 Å². The minimum absolute atomic E-state index is 0.0108. The molecule has 0 bridgehead atoms. The summed E-state index contributed by atoms with van der Waals surface area (Å²) < 4.78 is 5.16. The Labute approximate surface area is 145 Å². The Balaban J connectivity index is 2.87. The molecule has 1 rings (SSSR count). The molecule has 5 nitrogen and oxygen atoms in total. The second kappa shape index (κ2) is 10.7. The highest BCUT2D eigenvalue weighted by Crippen LogP contribution is 2.16. The standard InChI is InChI=1S/C19H30N2O3/c1-5-8-13-20-19(23)17(6-2)21(18(22)7-3)14-15-9-11-16(24-4)12-10-15/h9-12,17H,5-8,13-14H2,1-4H3,(H,20,23). The number of nitrogens with zero attached hydrogens (tertiary/aromatic N) is 1. The normalized spacial score (nSPS) is 11.7. The summed E-state index contributed by atoms with van der Waals surface area (Å²) in [6.45, 7) is 6.93. The third-order valence-electron chi connectivity index (χ3n) is 4.03. The van der Waals surface area contributed by atoms with E-state index in [2.05, 4.69) is 12.2 Å². The molecule has 0 aliphatic heterocycles. The largest absolute Gasteiger partial charge is 0.497 e. The predicted molar refractivity (Wildman–Crippen MR) is 95.8 cm³/mol. The lowest BCUT2D eigenvalue weighted by Gasteiger charge is -2.30. The van der Waals surface area contributed by atoms with Gasteiger partial charge in [-0.25, -0.2) is 0 Å². The van der Waals surface area contributed by atoms with Gasteiger partial charge in [-0.3, -0.25) is 9.59 Å². The fourth-order valence-corrected chi connectivity index (χ4v) is 2.56. The van der Waals surface area contributed by atoms with Crippen LogP contribution in [0.4, 0.5) is 0 Å². The van der Waals surface area contributed by atoms with E-state index in [0.717, 1.165) is 24.2 Å². The van der Waals surface area contributed by atoms with Gasteiger partial charge >= 0.3 is 0 Å². The first-order valence-electron chi connectivity index (χ1n) is 8.77. The monoisotopic (exact) mass is 334 g/mol. The van der Waals surface area contributed by atoms with Crippen LogP contribution < -0.4 is 10.1 Å². The molecule has 24 heavy (non-hydrogen) atoms. The highest BCUT2D eigenvalue weighted by Gasteiger charge is 2.27. The molecule has 0 heterocycles. The summed E-state index contributed by atoms with van der Waals surface area (Å²) in [7, 11) is 1.62. The van der Waals surface area contributed by atoms with Gasteiger partial charge in [-0.1, -0.05) is 39.3 Å². The van der Waals surface area contributed by atoms with Crippen LogP contribution in [-0.4, -0.2) is 36.4 Å². The molecule has 0 saturated carbocycles. The first-order chi connectivity index (χ1) is 11.6. The average molecular weight is 334 g/mol. The molecule has 1 aromatic carbocycles. The number of rotatable bonds is 10. The van der Waals surface area contributed by atoms with Gasteiger partial charge in [0.2, 0.25) is 11.8 Å². The van der Waals surface area contributed by atoms with Crippen molar-refractivity contribution in [1.82, 2.24) is 10.2 Å². The maximum Gasteiger partial charge on any atom is 0.242 e. The van der Waals surface area contributed by atoms with Crippen molar-refractivity contribution in [2.45, 2.75) is 59.0 Å². The van der Waals surface area contributed by atoms with Gasteiger partial charge in [-0.05, 0) is 30.5 Å². The van der Waals surface area contributed by atoms with Crippen LogP contribution in [-0.2, 0) is 16.1 Å². The van der Waals surface area contributed by atoms with E-state index in [1.54, 1.807) is 12.0 Å². The SMILES string of the molecule is CCCCNC(=O)C(CC)N(Cc1ccc(OC)cc1)C(=O)CC. The average Bonchev–Trinajstić information content (AvgIpc) is 2.61. The third kappa shape index (κ3) is 5.87. The van der Waals surface area contributed by atoms with Crippen LogP contribution in [0.3, 0.4) is 0 Å². The van der Waals surface area contributed by atoms with Crippen molar-refractivity contribution < 1.29 is 14.3 Å². The maximum atomic E-state index is 12.5. The van der Waals surface area contributed by atoms with Crippen molar-refractivity contribution in [1.29, 1.82) is 0 Å². The van der Waals surface area contributed by atoms with E-state index in [-0.39, 0.29) is 11.8 Å². The summed E-state index contributed by atoms with van der Waals surface area (Å²) in [5.74, 6) is 0.695. The van der Waals surface area contributed by atoms with Crippen molar-refractivity contribution in [3.05, 3.63) is 29.8 Å². The van der Waals surface area contributed by atoms with Crippen LogP contribution in [0.2, 0.25) is 0 Å². The minimum atomic E-state index is -0.434. The number of hydrogen-bond donors (Lipinski definition) is 1. The Bertz CT molecular complexity index is 514. The molecule has 0 aliphatic carbocycles. The number of carbonyl (C=O) groups is 2. The van der Waals surface area contributed by atoms with E-state index >= 15 is 0 Å².